The second kappa shape index (κ2) is 3.28. The van der Waals surface area contributed by atoms with Gasteiger partial charge in [0.1, 0.15) is 4.90 Å². The Morgan fingerprint density at radius 3 is 2.29 bits per heavy atom. The Balaban J connectivity index is 3.35. The van der Waals surface area contributed by atoms with Crippen molar-refractivity contribution in [1.29, 1.82) is 0 Å². The third-order valence-corrected chi connectivity index (χ3v) is 2.50. The molecule has 0 aliphatic heterocycles. The fourth-order valence-corrected chi connectivity index (χ4v) is 1.53. The Labute approximate surface area is 80.3 Å². The summed E-state index contributed by atoms with van der Waals surface area (Å²) in [5.74, 6) is -0.724. The molecule has 0 aliphatic rings. The number of rotatable bonds is 2. The molecule has 1 rings (SSSR count). The first-order valence-corrected chi connectivity index (χ1v) is 4.93. The quantitative estimate of drug-likeness (QED) is 0.459. The highest BCUT2D eigenvalue weighted by atomic mass is 32.2. The van der Waals surface area contributed by atoms with E-state index in [1.54, 1.807) is 0 Å². The van der Waals surface area contributed by atoms with Crippen LogP contribution >= 0.6 is 0 Å². The molecule has 1 amide bonds. The predicted molar refractivity (Wildman–Crippen MR) is 49.2 cm³/mol. The molecule has 0 bridgehead atoms. The van der Waals surface area contributed by atoms with Crippen LogP contribution in [0, 0.1) is 0 Å². The lowest BCUT2D eigenvalue weighted by atomic mass is 10.2. The highest BCUT2D eigenvalue weighted by Crippen LogP contribution is 2.18. The molecule has 0 aliphatic carbocycles. The Morgan fingerprint density at radius 1 is 1.36 bits per heavy atom. The molecule has 1 aromatic carbocycles. The van der Waals surface area contributed by atoms with Crippen molar-refractivity contribution >= 4 is 21.7 Å². The van der Waals surface area contributed by atoms with Crippen LogP contribution in [0.1, 0.15) is 10.4 Å². The number of amides is 1. The number of primary amides is 1. The van der Waals surface area contributed by atoms with E-state index in [1.165, 1.54) is 6.07 Å². The van der Waals surface area contributed by atoms with E-state index in [0.717, 1.165) is 12.1 Å². The normalized spacial score (nSPS) is 11.2. The number of anilines is 1. The number of nitrogen functional groups attached to an aromatic ring is 1. The first-order valence-electron chi connectivity index (χ1n) is 3.49. The van der Waals surface area contributed by atoms with Gasteiger partial charge >= 0.3 is 0 Å². The van der Waals surface area contributed by atoms with Gasteiger partial charge in [0.25, 0.3) is 10.1 Å². The molecule has 0 heterocycles. The van der Waals surface area contributed by atoms with Crippen molar-refractivity contribution in [3.63, 3.8) is 0 Å². The third kappa shape index (κ3) is 2.01. The summed E-state index contributed by atoms with van der Waals surface area (Å²) in [4.78, 5) is 10.2. The Morgan fingerprint density at radius 2 is 1.93 bits per heavy atom. The van der Waals surface area contributed by atoms with Crippen molar-refractivity contribution in [1.82, 2.24) is 0 Å². The maximum absolute atomic E-state index is 10.7. The van der Waals surface area contributed by atoms with E-state index in [9.17, 15) is 13.2 Å². The van der Waals surface area contributed by atoms with Gasteiger partial charge in [-0.15, -0.1) is 0 Å². The number of benzene rings is 1. The lowest BCUT2D eigenvalue weighted by Gasteiger charge is -2.03. The van der Waals surface area contributed by atoms with Crippen LogP contribution in [-0.2, 0) is 10.1 Å². The molecule has 0 unspecified atom stereocenters. The largest absolute Gasteiger partial charge is 0.398 e. The SMILES string of the molecule is NC(=O)c1ccc(S(=O)(=O)O)c(N)c1. The number of nitrogens with two attached hydrogens (primary N) is 2. The van der Waals surface area contributed by atoms with Crippen LogP contribution in [0.5, 0.6) is 0 Å². The topological polar surface area (TPSA) is 123 Å². The fourth-order valence-electron chi connectivity index (χ4n) is 0.937. The molecule has 0 fully saturated rings. The standard InChI is InChI=1S/C7H8N2O4S/c8-5-3-4(7(9)10)1-2-6(5)14(11,12)13/h1-3H,8H2,(H2,9,10)(H,11,12,13). The molecule has 1 aromatic rings. The number of carbonyl (C=O) groups excluding carboxylic acids is 1. The van der Waals surface area contributed by atoms with Gasteiger partial charge in [-0.25, -0.2) is 0 Å². The van der Waals surface area contributed by atoms with Gasteiger partial charge < -0.3 is 11.5 Å². The Bertz CT molecular complexity index is 480. The molecular formula is C7H8N2O4S. The molecular weight excluding hydrogens is 208 g/mol. The van der Waals surface area contributed by atoms with E-state index in [1.807, 2.05) is 0 Å². The minimum Gasteiger partial charge on any atom is -0.398 e. The minimum atomic E-state index is -4.35. The summed E-state index contributed by atoms with van der Waals surface area (Å²) < 4.78 is 30.1. The molecule has 0 saturated heterocycles. The van der Waals surface area contributed by atoms with E-state index in [2.05, 4.69) is 0 Å². The average Bonchev–Trinajstić information content (AvgIpc) is 2.01. The molecule has 5 N–H and O–H groups in total. The third-order valence-electron chi connectivity index (χ3n) is 1.57. The fraction of sp³-hybridized carbons (Fsp3) is 0. The maximum Gasteiger partial charge on any atom is 0.296 e. The van der Waals surface area contributed by atoms with Crippen molar-refractivity contribution in [2.45, 2.75) is 4.90 Å². The van der Waals surface area contributed by atoms with Gasteiger partial charge in [0.05, 0.1) is 5.69 Å². The van der Waals surface area contributed by atoms with Gasteiger partial charge in [-0.1, -0.05) is 0 Å². The zero-order valence-corrected chi connectivity index (χ0v) is 7.78. The van der Waals surface area contributed by atoms with Crippen LogP contribution in [0.3, 0.4) is 0 Å². The Kier molecular flexibility index (Phi) is 2.45. The second-order valence-corrected chi connectivity index (χ2v) is 3.98. The highest BCUT2D eigenvalue weighted by molar-refractivity contribution is 7.86. The van der Waals surface area contributed by atoms with Gasteiger partial charge in [0.15, 0.2) is 0 Å². The van der Waals surface area contributed by atoms with Crippen LogP contribution < -0.4 is 11.5 Å². The summed E-state index contributed by atoms with van der Waals surface area (Å²) in [6.45, 7) is 0. The van der Waals surface area contributed by atoms with E-state index < -0.39 is 20.9 Å². The van der Waals surface area contributed by atoms with Gasteiger partial charge in [0, 0.05) is 5.56 Å². The first-order chi connectivity index (χ1) is 6.32. The molecule has 0 radical (unpaired) electrons. The summed E-state index contributed by atoms with van der Waals surface area (Å²) >= 11 is 0. The zero-order chi connectivity index (χ0) is 10.9. The van der Waals surface area contributed by atoms with Gasteiger partial charge in [-0.2, -0.15) is 8.42 Å². The summed E-state index contributed by atoms with van der Waals surface area (Å²) in [6.07, 6.45) is 0. The molecule has 0 spiro atoms. The van der Waals surface area contributed by atoms with Crippen molar-refractivity contribution in [3.05, 3.63) is 23.8 Å². The Hall–Kier alpha value is -1.60. The lowest BCUT2D eigenvalue weighted by Crippen LogP contribution is -2.12. The molecule has 0 atom stereocenters. The van der Waals surface area contributed by atoms with E-state index in [-0.39, 0.29) is 11.3 Å². The molecule has 0 aromatic heterocycles. The summed E-state index contributed by atoms with van der Waals surface area (Å²) in [6, 6.07) is 3.28. The van der Waals surface area contributed by atoms with Crippen molar-refractivity contribution in [2.75, 3.05) is 5.73 Å². The minimum absolute atomic E-state index is 0.0786. The van der Waals surface area contributed by atoms with Crippen LogP contribution in [-0.4, -0.2) is 18.9 Å². The van der Waals surface area contributed by atoms with Crippen LogP contribution in [0.15, 0.2) is 23.1 Å². The summed E-state index contributed by atoms with van der Waals surface area (Å²) in [5.41, 5.74) is 10.1. The number of hydrogen-bond acceptors (Lipinski definition) is 4. The number of hydrogen-bond donors (Lipinski definition) is 3. The van der Waals surface area contributed by atoms with Crippen LogP contribution in [0.4, 0.5) is 5.69 Å². The van der Waals surface area contributed by atoms with Crippen molar-refractivity contribution in [3.8, 4) is 0 Å². The van der Waals surface area contributed by atoms with Gasteiger partial charge in [-0.3, -0.25) is 9.35 Å². The number of carbonyl (C=O) groups is 1. The van der Waals surface area contributed by atoms with Crippen molar-refractivity contribution in [2.24, 2.45) is 5.73 Å². The predicted octanol–water partition coefficient (Wildman–Crippen LogP) is -0.386. The molecule has 0 saturated carbocycles. The van der Waals surface area contributed by atoms with Crippen molar-refractivity contribution < 1.29 is 17.8 Å². The molecule has 14 heavy (non-hydrogen) atoms. The zero-order valence-electron chi connectivity index (χ0n) is 6.97. The van der Waals surface area contributed by atoms with Gasteiger partial charge in [0.2, 0.25) is 5.91 Å². The molecule has 7 heteroatoms. The van der Waals surface area contributed by atoms with E-state index in [0.29, 0.717) is 0 Å². The molecule has 6 nitrogen and oxygen atoms in total. The maximum atomic E-state index is 10.7. The molecule has 76 valence electrons. The van der Waals surface area contributed by atoms with E-state index >= 15 is 0 Å². The highest BCUT2D eigenvalue weighted by Gasteiger charge is 2.14. The van der Waals surface area contributed by atoms with E-state index in [4.69, 9.17) is 16.0 Å². The average molecular weight is 216 g/mol. The smallest absolute Gasteiger partial charge is 0.296 e. The second-order valence-electron chi connectivity index (χ2n) is 2.59. The first kappa shape index (κ1) is 10.5. The summed E-state index contributed by atoms with van der Waals surface area (Å²) in [7, 11) is -4.35. The van der Waals surface area contributed by atoms with Crippen LogP contribution in [0.2, 0.25) is 0 Å². The summed E-state index contributed by atoms with van der Waals surface area (Å²) in [5, 5.41) is 0. The van der Waals surface area contributed by atoms with Crippen LogP contribution in [0.25, 0.3) is 0 Å². The monoisotopic (exact) mass is 216 g/mol. The van der Waals surface area contributed by atoms with Gasteiger partial charge in [-0.05, 0) is 18.2 Å². The lowest BCUT2D eigenvalue weighted by molar-refractivity contribution is 0.1000.